The van der Waals surface area contributed by atoms with E-state index in [-0.39, 0.29) is 10.7 Å². The van der Waals surface area contributed by atoms with Gasteiger partial charge in [-0.3, -0.25) is 19.4 Å². The standard InChI is InChI=1S/C22H19N7O3S/c1-13-22(14(2)32-27-13)33(30,31)28-18-6-16(8-23-10-18)15-4-5-19-20(7-15)26-21(11-24-19)17-9-25-29(3)12-17/h4-12,28H,1-3H3. The van der Waals surface area contributed by atoms with E-state index in [0.717, 1.165) is 22.2 Å². The minimum absolute atomic E-state index is 0.0248. The molecule has 5 aromatic rings. The van der Waals surface area contributed by atoms with Crippen molar-refractivity contribution >= 4 is 26.7 Å². The Balaban J connectivity index is 1.49. The van der Waals surface area contributed by atoms with E-state index in [1.165, 1.54) is 6.20 Å². The van der Waals surface area contributed by atoms with Crippen LogP contribution in [-0.2, 0) is 17.1 Å². The number of anilines is 1. The van der Waals surface area contributed by atoms with Crippen LogP contribution in [0, 0.1) is 13.8 Å². The number of sulfonamides is 1. The number of hydrogen-bond acceptors (Lipinski definition) is 8. The minimum atomic E-state index is -3.88. The summed E-state index contributed by atoms with van der Waals surface area (Å²) >= 11 is 0. The van der Waals surface area contributed by atoms with Crippen LogP contribution in [0.15, 0.2) is 64.7 Å². The first-order chi connectivity index (χ1) is 15.8. The van der Waals surface area contributed by atoms with Crippen LogP contribution >= 0.6 is 0 Å². The third-order valence-corrected chi connectivity index (χ3v) is 6.73. The number of nitrogens with one attached hydrogen (secondary N) is 1. The van der Waals surface area contributed by atoms with Crippen LogP contribution in [-0.4, -0.2) is 38.3 Å². The second-order valence-electron chi connectivity index (χ2n) is 7.58. The molecule has 0 radical (unpaired) electrons. The highest BCUT2D eigenvalue weighted by Gasteiger charge is 2.24. The van der Waals surface area contributed by atoms with Crippen molar-refractivity contribution < 1.29 is 12.9 Å². The van der Waals surface area contributed by atoms with Crippen LogP contribution in [0.25, 0.3) is 33.4 Å². The van der Waals surface area contributed by atoms with Gasteiger partial charge in [0, 0.05) is 30.6 Å². The molecule has 0 aliphatic heterocycles. The summed E-state index contributed by atoms with van der Waals surface area (Å²) in [5.74, 6) is 0.224. The summed E-state index contributed by atoms with van der Waals surface area (Å²) in [5, 5.41) is 7.90. The number of rotatable bonds is 5. The molecule has 4 aromatic heterocycles. The predicted octanol–water partition coefficient (Wildman–Crippen LogP) is 3.50. The average molecular weight is 462 g/mol. The van der Waals surface area contributed by atoms with E-state index in [4.69, 9.17) is 9.51 Å². The summed E-state index contributed by atoms with van der Waals surface area (Å²) in [7, 11) is -2.03. The highest BCUT2D eigenvalue weighted by Crippen LogP contribution is 2.28. The number of pyridine rings is 1. The number of hydrogen-bond donors (Lipinski definition) is 1. The molecule has 1 aromatic carbocycles. The van der Waals surface area contributed by atoms with E-state index in [9.17, 15) is 8.42 Å². The van der Waals surface area contributed by atoms with Gasteiger partial charge in [-0.25, -0.2) is 13.4 Å². The predicted molar refractivity (Wildman–Crippen MR) is 122 cm³/mol. The Labute approximate surface area is 189 Å². The van der Waals surface area contributed by atoms with Crippen LogP contribution in [0.1, 0.15) is 11.5 Å². The Morgan fingerprint density at radius 2 is 1.82 bits per heavy atom. The molecule has 0 atom stereocenters. The van der Waals surface area contributed by atoms with Crippen molar-refractivity contribution in [3.05, 3.63) is 66.7 Å². The summed E-state index contributed by atoms with van der Waals surface area (Å²) in [6.07, 6.45) is 8.43. The fraction of sp³-hybridized carbons (Fsp3) is 0.136. The molecular formula is C22H19N7O3S. The van der Waals surface area contributed by atoms with Gasteiger partial charge in [0.05, 0.1) is 41.0 Å². The molecule has 0 spiro atoms. The molecule has 1 N–H and O–H groups in total. The summed E-state index contributed by atoms with van der Waals surface area (Å²) in [6, 6.07) is 7.36. The molecule has 0 bridgehead atoms. The SMILES string of the molecule is Cc1noc(C)c1S(=O)(=O)Nc1cncc(-c2ccc3ncc(-c4cnn(C)c4)nc3c2)c1. The number of aryl methyl sites for hydroxylation is 3. The van der Waals surface area contributed by atoms with Gasteiger partial charge in [0.15, 0.2) is 10.7 Å². The summed E-state index contributed by atoms with van der Waals surface area (Å²) < 4.78 is 34.9. The lowest BCUT2D eigenvalue weighted by Crippen LogP contribution is -2.14. The molecule has 0 aliphatic rings. The summed E-state index contributed by atoms with van der Waals surface area (Å²) in [5.41, 5.74) is 5.20. The maximum Gasteiger partial charge on any atom is 0.267 e. The van der Waals surface area contributed by atoms with Crippen LogP contribution in [0.5, 0.6) is 0 Å². The van der Waals surface area contributed by atoms with Gasteiger partial charge in [-0.1, -0.05) is 11.2 Å². The summed E-state index contributed by atoms with van der Waals surface area (Å²) in [4.78, 5) is 13.4. The normalized spacial score (nSPS) is 11.7. The Hall–Kier alpha value is -4.12. The fourth-order valence-electron chi connectivity index (χ4n) is 3.60. The zero-order valence-corrected chi connectivity index (χ0v) is 18.8. The molecule has 0 amide bonds. The zero-order valence-electron chi connectivity index (χ0n) is 18.0. The van der Waals surface area contributed by atoms with Crippen molar-refractivity contribution in [3.63, 3.8) is 0 Å². The lowest BCUT2D eigenvalue weighted by molar-refractivity contribution is 0.390. The Bertz CT molecular complexity index is 1590. The van der Waals surface area contributed by atoms with E-state index in [2.05, 4.69) is 24.9 Å². The lowest BCUT2D eigenvalue weighted by atomic mass is 10.1. The third-order valence-electron chi connectivity index (χ3n) is 5.10. The number of nitrogens with zero attached hydrogens (tertiary/aromatic N) is 6. The molecule has 10 nitrogen and oxygen atoms in total. The molecule has 0 unspecified atom stereocenters. The quantitative estimate of drug-likeness (QED) is 0.421. The lowest BCUT2D eigenvalue weighted by Gasteiger charge is -2.09. The van der Waals surface area contributed by atoms with Crippen molar-refractivity contribution in [2.75, 3.05) is 4.72 Å². The van der Waals surface area contributed by atoms with Crippen molar-refractivity contribution in [1.29, 1.82) is 0 Å². The van der Waals surface area contributed by atoms with Gasteiger partial charge in [0.2, 0.25) is 0 Å². The number of benzene rings is 1. The van der Waals surface area contributed by atoms with E-state index in [1.807, 2.05) is 31.4 Å². The third kappa shape index (κ3) is 3.94. The Kier molecular flexibility index (Phi) is 4.90. The van der Waals surface area contributed by atoms with Gasteiger partial charge in [0.25, 0.3) is 10.0 Å². The van der Waals surface area contributed by atoms with Crippen LogP contribution in [0.3, 0.4) is 0 Å². The molecule has 0 aliphatic carbocycles. The van der Waals surface area contributed by atoms with Gasteiger partial charge >= 0.3 is 0 Å². The average Bonchev–Trinajstić information content (AvgIpc) is 3.38. The van der Waals surface area contributed by atoms with Crippen LogP contribution in [0.4, 0.5) is 5.69 Å². The van der Waals surface area contributed by atoms with Crippen LogP contribution < -0.4 is 4.72 Å². The largest absolute Gasteiger partial charge is 0.360 e. The van der Waals surface area contributed by atoms with Gasteiger partial charge in [-0.2, -0.15) is 5.10 Å². The smallest absolute Gasteiger partial charge is 0.267 e. The Morgan fingerprint density at radius 1 is 0.970 bits per heavy atom. The second kappa shape index (κ2) is 7.78. The number of fused-ring (bicyclic) bond motifs is 1. The molecule has 5 rings (SSSR count). The minimum Gasteiger partial charge on any atom is -0.360 e. The highest BCUT2D eigenvalue weighted by molar-refractivity contribution is 7.92. The van der Waals surface area contributed by atoms with Crippen molar-refractivity contribution in [2.45, 2.75) is 18.7 Å². The molecular weight excluding hydrogens is 442 g/mol. The van der Waals surface area contributed by atoms with Crippen molar-refractivity contribution in [3.8, 4) is 22.4 Å². The first-order valence-corrected chi connectivity index (χ1v) is 11.5. The second-order valence-corrected chi connectivity index (χ2v) is 9.20. The molecule has 33 heavy (non-hydrogen) atoms. The van der Waals surface area contributed by atoms with Gasteiger partial charge in [-0.05, 0) is 37.6 Å². The van der Waals surface area contributed by atoms with E-state index < -0.39 is 10.0 Å². The van der Waals surface area contributed by atoms with Crippen LogP contribution in [0.2, 0.25) is 0 Å². The Morgan fingerprint density at radius 3 is 2.55 bits per heavy atom. The van der Waals surface area contributed by atoms with Crippen molar-refractivity contribution in [2.24, 2.45) is 7.05 Å². The van der Waals surface area contributed by atoms with E-state index >= 15 is 0 Å². The van der Waals surface area contributed by atoms with E-state index in [1.54, 1.807) is 43.2 Å². The molecule has 0 saturated heterocycles. The number of aromatic nitrogens is 6. The van der Waals surface area contributed by atoms with Gasteiger partial charge < -0.3 is 4.52 Å². The topological polar surface area (TPSA) is 129 Å². The zero-order chi connectivity index (χ0) is 23.2. The fourth-order valence-corrected chi connectivity index (χ4v) is 4.97. The van der Waals surface area contributed by atoms with E-state index in [0.29, 0.717) is 22.6 Å². The maximum atomic E-state index is 12.8. The van der Waals surface area contributed by atoms with Crippen molar-refractivity contribution in [1.82, 2.24) is 29.9 Å². The first-order valence-electron chi connectivity index (χ1n) is 9.97. The van der Waals surface area contributed by atoms with Gasteiger partial charge in [0.1, 0.15) is 5.69 Å². The molecule has 0 fully saturated rings. The highest BCUT2D eigenvalue weighted by atomic mass is 32.2. The summed E-state index contributed by atoms with van der Waals surface area (Å²) in [6.45, 7) is 3.13. The molecule has 11 heteroatoms. The first kappa shape index (κ1) is 20.8. The molecule has 0 saturated carbocycles. The van der Waals surface area contributed by atoms with Gasteiger partial charge in [-0.15, -0.1) is 0 Å². The molecule has 166 valence electrons. The molecule has 4 heterocycles. The monoisotopic (exact) mass is 461 g/mol. The maximum absolute atomic E-state index is 12.8.